The lowest BCUT2D eigenvalue weighted by molar-refractivity contribution is 0.00578. The van der Waals surface area contributed by atoms with Gasteiger partial charge in [0, 0.05) is 11.9 Å². The maximum Gasteiger partial charge on any atom is 0.466 e. The zero-order chi connectivity index (χ0) is 26.1. The van der Waals surface area contributed by atoms with Gasteiger partial charge in [-0.25, -0.2) is 4.79 Å². The topological polar surface area (TPSA) is 48.0 Å². The molecule has 0 spiro atoms. The molecule has 4 rings (SSSR count). The van der Waals surface area contributed by atoms with Crippen LogP contribution >= 0.6 is 0 Å². The standard InChI is InChI=1S/C27H48BNO4Si/c1-19(2)34(20(3)4,21(5)6)15-14-27-16-26(17-27,18-29(27)22(30)31-23(7,8)9)28-32-24(10,11)25(12,13)33-28/h19-21H,16-18H2,1-13H3. The zero-order valence-corrected chi connectivity index (χ0v) is 25.0. The molecular formula is C27H48BNO4Si. The van der Waals surface area contributed by atoms with Crippen molar-refractivity contribution in [3.8, 4) is 11.5 Å². The van der Waals surface area contributed by atoms with Crippen molar-refractivity contribution in [3.63, 3.8) is 0 Å². The smallest absolute Gasteiger partial charge is 0.444 e. The number of nitrogens with zero attached hydrogens (tertiary/aromatic N) is 1. The van der Waals surface area contributed by atoms with Gasteiger partial charge in [-0.3, -0.25) is 4.90 Å². The second-order valence-corrected chi connectivity index (χ2v) is 19.6. The molecule has 5 nitrogen and oxygen atoms in total. The molecule has 0 atom stereocenters. The first-order valence-electron chi connectivity index (χ1n) is 13.1. The Morgan fingerprint density at radius 3 is 1.76 bits per heavy atom. The van der Waals surface area contributed by atoms with Gasteiger partial charge < -0.3 is 14.0 Å². The van der Waals surface area contributed by atoms with Crippen LogP contribution in [0, 0.1) is 11.5 Å². The van der Waals surface area contributed by atoms with Crippen LogP contribution in [0.3, 0.4) is 0 Å². The van der Waals surface area contributed by atoms with Crippen LogP contribution in [-0.2, 0) is 14.0 Å². The third-order valence-corrected chi connectivity index (χ3v) is 15.3. The van der Waals surface area contributed by atoms with E-state index in [1.54, 1.807) is 0 Å². The van der Waals surface area contributed by atoms with Crippen molar-refractivity contribution in [2.45, 2.75) is 147 Å². The third kappa shape index (κ3) is 4.26. The lowest BCUT2D eigenvalue weighted by Crippen LogP contribution is -2.53. The molecule has 1 amide bonds. The van der Waals surface area contributed by atoms with Crippen LogP contribution in [0.15, 0.2) is 0 Å². The number of ether oxygens (including phenoxy) is 1. The average molecular weight is 490 g/mol. The summed E-state index contributed by atoms with van der Waals surface area (Å²) in [4.78, 5) is 15.3. The van der Waals surface area contributed by atoms with E-state index in [1.165, 1.54) is 0 Å². The zero-order valence-electron chi connectivity index (χ0n) is 24.0. The highest BCUT2D eigenvalue weighted by Crippen LogP contribution is 2.68. The highest BCUT2D eigenvalue weighted by Gasteiger charge is 2.75. The van der Waals surface area contributed by atoms with E-state index in [-0.39, 0.29) is 18.5 Å². The Morgan fingerprint density at radius 1 is 0.941 bits per heavy atom. The molecule has 1 aliphatic carbocycles. The molecule has 4 aliphatic rings. The summed E-state index contributed by atoms with van der Waals surface area (Å²) in [7, 11) is -2.28. The first-order valence-corrected chi connectivity index (χ1v) is 15.4. The summed E-state index contributed by atoms with van der Waals surface area (Å²) in [6.07, 6.45) is 1.28. The Hall–Kier alpha value is -0.968. The summed E-state index contributed by atoms with van der Waals surface area (Å²) < 4.78 is 18.8. The highest BCUT2D eigenvalue weighted by atomic mass is 28.3. The van der Waals surface area contributed by atoms with Gasteiger partial charge in [0.05, 0.1) is 11.2 Å². The number of carbonyl (C=O) groups is 1. The summed E-state index contributed by atoms with van der Waals surface area (Å²) in [5.74, 6) is 3.74. The van der Waals surface area contributed by atoms with E-state index in [4.69, 9.17) is 14.0 Å². The van der Waals surface area contributed by atoms with Crippen molar-refractivity contribution in [2.75, 3.05) is 6.54 Å². The lowest BCUT2D eigenvalue weighted by atomic mass is 9.44. The number of hydrogen-bond acceptors (Lipinski definition) is 4. The fraction of sp³-hybridized carbons (Fsp3) is 0.889. The minimum absolute atomic E-state index is 0.242. The third-order valence-electron chi connectivity index (χ3n) is 9.02. The first kappa shape index (κ1) is 27.6. The molecule has 0 aromatic heterocycles. The molecule has 34 heavy (non-hydrogen) atoms. The molecule has 0 aromatic rings. The second-order valence-electron chi connectivity index (χ2n) is 14.0. The van der Waals surface area contributed by atoms with Crippen molar-refractivity contribution >= 4 is 21.3 Å². The fourth-order valence-corrected chi connectivity index (χ4v) is 11.9. The van der Waals surface area contributed by atoms with Crippen LogP contribution in [0.1, 0.15) is 103 Å². The molecule has 192 valence electrons. The minimum Gasteiger partial charge on any atom is -0.444 e. The normalized spacial score (nSPS) is 30.0. The van der Waals surface area contributed by atoms with Gasteiger partial charge in [0.15, 0.2) is 0 Å². The Labute approximate surface area is 210 Å². The quantitative estimate of drug-likeness (QED) is 0.321. The maximum atomic E-state index is 13.4. The molecular weight excluding hydrogens is 441 g/mol. The number of rotatable bonds is 4. The van der Waals surface area contributed by atoms with Gasteiger partial charge in [0.2, 0.25) is 0 Å². The van der Waals surface area contributed by atoms with Crippen LogP contribution in [0.4, 0.5) is 4.79 Å². The van der Waals surface area contributed by atoms with Crippen LogP contribution in [-0.4, -0.2) is 55.1 Å². The Bertz CT molecular complexity index is 834. The maximum absolute atomic E-state index is 13.4. The summed E-state index contributed by atoms with van der Waals surface area (Å²) >= 11 is 0. The largest absolute Gasteiger partial charge is 0.466 e. The monoisotopic (exact) mass is 489 g/mol. The lowest BCUT2D eigenvalue weighted by Gasteiger charge is -2.45. The molecule has 3 saturated heterocycles. The Kier molecular flexibility index (Phi) is 6.73. The van der Waals surface area contributed by atoms with E-state index < -0.39 is 30.4 Å². The second kappa shape index (κ2) is 8.28. The van der Waals surface area contributed by atoms with Crippen LogP contribution in [0.2, 0.25) is 21.9 Å². The highest BCUT2D eigenvalue weighted by molar-refractivity contribution is 6.90. The van der Waals surface area contributed by atoms with Crippen LogP contribution in [0.25, 0.3) is 0 Å². The van der Waals surface area contributed by atoms with E-state index in [0.29, 0.717) is 23.2 Å². The van der Waals surface area contributed by atoms with Crippen molar-refractivity contribution in [3.05, 3.63) is 0 Å². The van der Waals surface area contributed by atoms with Crippen LogP contribution < -0.4 is 0 Å². The SMILES string of the molecule is CC(C)[Si](C#CC12CC(B3OC(C)(C)C(C)(C)O3)(CN1C(=O)OC(C)(C)C)C2)(C(C)C)C(C)C. The molecule has 0 unspecified atom stereocenters. The van der Waals surface area contributed by atoms with Gasteiger partial charge in [-0.1, -0.05) is 47.5 Å². The number of amides is 1. The Morgan fingerprint density at radius 2 is 1.38 bits per heavy atom. The van der Waals surface area contributed by atoms with Gasteiger partial charge >= 0.3 is 13.2 Å². The van der Waals surface area contributed by atoms with Gasteiger partial charge in [-0.05, 0) is 77.9 Å². The van der Waals surface area contributed by atoms with Crippen molar-refractivity contribution in [1.82, 2.24) is 4.90 Å². The molecule has 3 aliphatic heterocycles. The number of hydrogen-bond donors (Lipinski definition) is 0. The number of carbonyl (C=O) groups excluding carboxylic acids is 1. The molecule has 0 radical (unpaired) electrons. The van der Waals surface area contributed by atoms with Crippen LogP contribution in [0.5, 0.6) is 0 Å². The van der Waals surface area contributed by atoms with Gasteiger partial charge in [0.25, 0.3) is 0 Å². The van der Waals surface area contributed by atoms with Gasteiger partial charge in [-0.2, -0.15) is 0 Å². The molecule has 2 bridgehead atoms. The van der Waals surface area contributed by atoms with E-state index in [1.807, 2.05) is 25.7 Å². The van der Waals surface area contributed by atoms with E-state index in [9.17, 15) is 4.79 Å². The average Bonchev–Trinajstić information content (AvgIpc) is 3.17. The van der Waals surface area contributed by atoms with E-state index in [2.05, 4.69) is 80.7 Å². The predicted molar refractivity (Wildman–Crippen MR) is 143 cm³/mol. The van der Waals surface area contributed by atoms with Crippen molar-refractivity contribution in [2.24, 2.45) is 0 Å². The van der Waals surface area contributed by atoms with E-state index in [0.717, 1.165) is 12.8 Å². The Balaban J connectivity index is 2.01. The molecule has 3 heterocycles. The molecule has 4 fully saturated rings. The van der Waals surface area contributed by atoms with Crippen molar-refractivity contribution in [1.29, 1.82) is 0 Å². The number of fused-ring (bicyclic) bond motifs is 1. The fourth-order valence-electron chi connectivity index (χ4n) is 6.59. The van der Waals surface area contributed by atoms with Gasteiger partial charge in [0.1, 0.15) is 19.2 Å². The summed E-state index contributed by atoms with van der Waals surface area (Å²) in [6, 6.07) is 0. The molecule has 0 N–H and O–H groups in total. The summed E-state index contributed by atoms with van der Waals surface area (Å²) in [6.45, 7) is 28.6. The molecule has 0 aromatic carbocycles. The predicted octanol–water partition coefficient (Wildman–Crippen LogP) is 6.82. The minimum atomic E-state index is -1.93. The summed E-state index contributed by atoms with van der Waals surface area (Å²) in [5, 5.41) is -0.242. The summed E-state index contributed by atoms with van der Waals surface area (Å²) in [5.41, 5.74) is 3.68. The molecule has 1 saturated carbocycles. The first-order chi connectivity index (χ1) is 15.2. The molecule has 7 heteroatoms. The van der Waals surface area contributed by atoms with Crippen molar-refractivity contribution < 1.29 is 18.8 Å². The van der Waals surface area contributed by atoms with Gasteiger partial charge in [-0.15, -0.1) is 5.54 Å². The van der Waals surface area contributed by atoms with E-state index >= 15 is 0 Å².